The highest BCUT2D eigenvalue weighted by Crippen LogP contribution is 2.25. The second-order valence-electron chi connectivity index (χ2n) is 4.73. The SMILES string of the molecule is Cc1ccc(C(=O)Nc2cc(S(C)(=O)=O)ccc2Cl)cc1. The lowest BCUT2D eigenvalue weighted by Crippen LogP contribution is -2.12. The molecule has 4 nitrogen and oxygen atoms in total. The summed E-state index contributed by atoms with van der Waals surface area (Å²) in [5, 5.41) is 2.90. The van der Waals surface area contributed by atoms with Crippen LogP contribution >= 0.6 is 11.6 Å². The molecule has 0 unspecified atom stereocenters. The zero-order valence-corrected chi connectivity index (χ0v) is 13.1. The van der Waals surface area contributed by atoms with Crippen molar-refractivity contribution >= 4 is 33.0 Å². The van der Waals surface area contributed by atoms with E-state index >= 15 is 0 Å². The molecule has 0 aliphatic carbocycles. The van der Waals surface area contributed by atoms with E-state index in [1.54, 1.807) is 12.1 Å². The van der Waals surface area contributed by atoms with Gasteiger partial charge in [0.15, 0.2) is 9.84 Å². The number of sulfone groups is 1. The molecule has 0 heterocycles. The van der Waals surface area contributed by atoms with Crippen LogP contribution in [0.4, 0.5) is 5.69 Å². The molecule has 0 aliphatic rings. The van der Waals surface area contributed by atoms with Crippen LogP contribution in [0, 0.1) is 6.92 Å². The first-order chi connectivity index (χ1) is 9.77. The van der Waals surface area contributed by atoms with E-state index in [-0.39, 0.29) is 21.5 Å². The van der Waals surface area contributed by atoms with Crippen LogP contribution < -0.4 is 5.32 Å². The Morgan fingerprint density at radius 2 is 1.71 bits per heavy atom. The maximum atomic E-state index is 12.1. The lowest BCUT2D eigenvalue weighted by Gasteiger charge is -2.09. The van der Waals surface area contributed by atoms with Crippen LogP contribution in [0.5, 0.6) is 0 Å². The Hall–Kier alpha value is -1.85. The molecule has 0 spiro atoms. The van der Waals surface area contributed by atoms with Crippen molar-refractivity contribution in [3.8, 4) is 0 Å². The highest BCUT2D eigenvalue weighted by Gasteiger charge is 2.13. The molecule has 2 aromatic rings. The zero-order valence-electron chi connectivity index (χ0n) is 11.6. The molecule has 0 saturated heterocycles. The Labute approximate surface area is 128 Å². The summed E-state index contributed by atoms with van der Waals surface area (Å²) in [5.41, 5.74) is 1.79. The van der Waals surface area contributed by atoms with Gasteiger partial charge in [0.1, 0.15) is 0 Å². The summed E-state index contributed by atoms with van der Waals surface area (Å²) in [5.74, 6) is -0.345. The Morgan fingerprint density at radius 3 is 2.29 bits per heavy atom. The Balaban J connectivity index is 2.31. The Bertz CT molecular complexity index is 783. The second kappa shape index (κ2) is 5.87. The van der Waals surface area contributed by atoms with Crippen molar-refractivity contribution in [2.45, 2.75) is 11.8 Å². The molecule has 1 amide bonds. The van der Waals surface area contributed by atoms with Gasteiger partial charge in [-0.15, -0.1) is 0 Å². The number of amides is 1. The minimum absolute atomic E-state index is 0.103. The van der Waals surface area contributed by atoms with E-state index in [9.17, 15) is 13.2 Å². The van der Waals surface area contributed by atoms with Crippen LogP contribution in [0.3, 0.4) is 0 Å². The summed E-state index contributed by atoms with van der Waals surface area (Å²) >= 11 is 5.99. The van der Waals surface area contributed by atoms with Crippen molar-refractivity contribution in [3.63, 3.8) is 0 Å². The molecule has 6 heteroatoms. The van der Waals surface area contributed by atoms with Crippen LogP contribution in [-0.2, 0) is 9.84 Å². The van der Waals surface area contributed by atoms with Crippen LogP contribution in [0.25, 0.3) is 0 Å². The first-order valence-electron chi connectivity index (χ1n) is 6.15. The fourth-order valence-corrected chi connectivity index (χ4v) is 2.54. The Kier molecular flexibility index (Phi) is 4.34. The van der Waals surface area contributed by atoms with Crippen LogP contribution in [0.1, 0.15) is 15.9 Å². The first kappa shape index (κ1) is 15.5. The van der Waals surface area contributed by atoms with Gasteiger partial charge in [-0.25, -0.2) is 8.42 Å². The van der Waals surface area contributed by atoms with E-state index in [2.05, 4.69) is 5.32 Å². The summed E-state index contributed by atoms with van der Waals surface area (Å²) in [6.45, 7) is 1.92. The average molecular weight is 324 g/mol. The third kappa shape index (κ3) is 3.83. The summed E-state index contributed by atoms with van der Waals surface area (Å²) in [6, 6.07) is 11.2. The number of anilines is 1. The molecule has 0 fully saturated rings. The van der Waals surface area contributed by atoms with E-state index in [0.717, 1.165) is 11.8 Å². The van der Waals surface area contributed by atoms with Gasteiger partial charge in [0, 0.05) is 11.8 Å². The van der Waals surface area contributed by atoms with Gasteiger partial charge < -0.3 is 5.32 Å². The highest BCUT2D eigenvalue weighted by atomic mass is 35.5. The van der Waals surface area contributed by atoms with Gasteiger partial charge in [0.25, 0.3) is 5.91 Å². The third-order valence-electron chi connectivity index (χ3n) is 2.93. The summed E-state index contributed by atoms with van der Waals surface area (Å²) in [4.78, 5) is 12.2. The van der Waals surface area contributed by atoms with Crippen molar-refractivity contribution in [2.75, 3.05) is 11.6 Å². The van der Waals surface area contributed by atoms with Crippen LogP contribution in [0.15, 0.2) is 47.4 Å². The topological polar surface area (TPSA) is 63.2 Å². The first-order valence-corrected chi connectivity index (χ1v) is 8.42. The van der Waals surface area contributed by atoms with Crippen LogP contribution in [0.2, 0.25) is 5.02 Å². The van der Waals surface area contributed by atoms with Crippen LogP contribution in [-0.4, -0.2) is 20.6 Å². The number of carbonyl (C=O) groups is 1. The number of nitrogens with one attached hydrogen (secondary N) is 1. The molecule has 0 saturated carbocycles. The monoisotopic (exact) mass is 323 g/mol. The Morgan fingerprint density at radius 1 is 1.10 bits per heavy atom. The van der Waals surface area contributed by atoms with E-state index < -0.39 is 9.84 Å². The minimum Gasteiger partial charge on any atom is -0.321 e. The van der Waals surface area contributed by atoms with Gasteiger partial charge in [-0.3, -0.25) is 4.79 Å². The quantitative estimate of drug-likeness (QED) is 0.942. The molecule has 0 aliphatic heterocycles. The maximum absolute atomic E-state index is 12.1. The summed E-state index contributed by atoms with van der Waals surface area (Å²) in [7, 11) is -3.36. The van der Waals surface area contributed by atoms with Gasteiger partial charge in [-0.2, -0.15) is 0 Å². The van der Waals surface area contributed by atoms with Gasteiger partial charge in [-0.05, 0) is 37.3 Å². The molecule has 21 heavy (non-hydrogen) atoms. The molecule has 0 bridgehead atoms. The average Bonchev–Trinajstić information content (AvgIpc) is 2.40. The fourth-order valence-electron chi connectivity index (χ4n) is 1.73. The van der Waals surface area contributed by atoms with Crippen molar-refractivity contribution in [1.82, 2.24) is 0 Å². The molecule has 110 valence electrons. The molecular formula is C15H14ClNO3S. The normalized spacial score (nSPS) is 11.2. The predicted molar refractivity (Wildman–Crippen MR) is 83.7 cm³/mol. The number of hydrogen-bond donors (Lipinski definition) is 1. The van der Waals surface area contributed by atoms with E-state index in [1.165, 1.54) is 18.2 Å². The van der Waals surface area contributed by atoms with Gasteiger partial charge >= 0.3 is 0 Å². The lowest BCUT2D eigenvalue weighted by molar-refractivity contribution is 0.102. The standard InChI is InChI=1S/C15H14ClNO3S/c1-10-3-5-11(6-4-10)15(18)17-14-9-12(21(2,19)20)7-8-13(14)16/h3-9H,1-2H3,(H,17,18). The number of benzene rings is 2. The lowest BCUT2D eigenvalue weighted by atomic mass is 10.1. The summed E-state index contributed by atoms with van der Waals surface area (Å²) < 4.78 is 23.1. The zero-order chi connectivity index (χ0) is 15.6. The molecular weight excluding hydrogens is 310 g/mol. The highest BCUT2D eigenvalue weighted by molar-refractivity contribution is 7.90. The second-order valence-corrected chi connectivity index (χ2v) is 7.16. The molecule has 0 atom stereocenters. The molecule has 0 radical (unpaired) electrons. The number of aryl methyl sites for hydroxylation is 1. The van der Waals surface area contributed by atoms with Crippen molar-refractivity contribution < 1.29 is 13.2 Å². The predicted octanol–water partition coefficient (Wildman–Crippen LogP) is 3.30. The fraction of sp³-hybridized carbons (Fsp3) is 0.133. The maximum Gasteiger partial charge on any atom is 0.255 e. The number of halogens is 1. The number of hydrogen-bond acceptors (Lipinski definition) is 3. The van der Waals surface area contributed by atoms with Gasteiger partial charge in [-0.1, -0.05) is 29.3 Å². The van der Waals surface area contributed by atoms with Crippen molar-refractivity contribution in [1.29, 1.82) is 0 Å². The largest absolute Gasteiger partial charge is 0.321 e. The molecule has 0 aromatic heterocycles. The number of rotatable bonds is 3. The van der Waals surface area contributed by atoms with Gasteiger partial charge in [0.05, 0.1) is 15.6 Å². The van der Waals surface area contributed by atoms with E-state index in [4.69, 9.17) is 11.6 Å². The van der Waals surface area contributed by atoms with Gasteiger partial charge in [0.2, 0.25) is 0 Å². The molecule has 2 rings (SSSR count). The van der Waals surface area contributed by atoms with E-state index in [0.29, 0.717) is 5.56 Å². The van der Waals surface area contributed by atoms with Crippen molar-refractivity contribution in [3.05, 3.63) is 58.6 Å². The minimum atomic E-state index is -3.36. The van der Waals surface area contributed by atoms with Crippen molar-refractivity contribution in [2.24, 2.45) is 0 Å². The third-order valence-corrected chi connectivity index (χ3v) is 4.37. The molecule has 1 N–H and O–H groups in total. The summed E-state index contributed by atoms with van der Waals surface area (Å²) in [6.07, 6.45) is 1.10. The van der Waals surface area contributed by atoms with E-state index in [1.807, 2.05) is 19.1 Å². The smallest absolute Gasteiger partial charge is 0.255 e. The number of carbonyl (C=O) groups excluding carboxylic acids is 1. The molecule has 2 aromatic carbocycles.